The molecule has 0 aromatic heterocycles. The molecular formula is C10H18O5. The Hall–Kier alpha value is -0.910. The lowest BCUT2D eigenvalue weighted by molar-refractivity contribution is -0.139. The van der Waals surface area contributed by atoms with Crippen LogP contribution in [0, 0.1) is 0 Å². The minimum absolute atomic E-state index is 0.0473. The first-order valence-corrected chi connectivity index (χ1v) is 4.77. The predicted molar refractivity (Wildman–Crippen MR) is 54.5 cm³/mol. The van der Waals surface area contributed by atoms with Gasteiger partial charge >= 0.3 is 5.97 Å². The molecule has 1 fully saturated rings. The zero-order valence-corrected chi connectivity index (χ0v) is 9.03. The van der Waals surface area contributed by atoms with E-state index in [1.807, 2.05) is 0 Å². The highest BCUT2D eigenvalue weighted by Crippen LogP contribution is 1.89. The molecule has 1 heterocycles. The van der Waals surface area contributed by atoms with Crippen LogP contribution in [0.1, 0.15) is 6.92 Å². The van der Waals surface area contributed by atoms with E-state index in [1.165, 1.54) is 0 Å². The molecule has 0 bridgehead atoms. The largest absolute Gasteiger partial charge is 0.460 e. The van der Waals surface area contributed by atoms with Crippen molar-refractivity contribution in [2.45, 2.75) is 6.92 Å². The van der Waals surface area contributed by atoms with Crippen molar-refractivity contribution in [1.82, 2.24) is 0 Å². The molecule has 1 saturated heterocycles. The van der Waals surface area contributed by atoms with Gasteiger partial charge in [0.2, 0.25) is 0 Å². The molecule has 0 atom stereocenters. The van der Waals surface area contributed by atoms with Gasteiger partial charge in [0, 0.05) is 5.57 Å². The second kappa shape index (κ2) is 9.64. The molecule has 0 radical (unpaired) electrons. The highest BCUT2D eigenvalue weighted by atomic mass is 16.6. The van der Waals surface area contributed by atoms with Crippen molar-refractivity contribution < 1.29 is 24.1 Å². The Balaban J connectivity index is 0.000000280. The van der Waals surface area contributed by atoms with Crippen LogP contribution in [0.15, 0.2) is 12.2 Å². The summed E-state index contributed by atoms with van der Waals surface area (Å²) in [6.07, 6.45) is 0. The van der Waals surface area contributed by atoms with Gasteiger partial charge in [0.25, 0.3) is 0 Å². The van der Waals surface area contributed by atoms with Gasteiger partial charge in [0.1, 0.15) is 6.61 Å². The van der Waals surface area contributed by atoms with Crippen molar-refractivity contribution in [2.75, 3.05) is 39.6 Å². The van der Waals surface area contributed by atoms with Crippen molar-refractivity contribution in [1.29, 1.82) is 0 Å². The first-order chi connectivity index (χ1) is 7.18. The Labute approximate surface area is 89.6 Å². The number of hydrogen-bond donors (Lipinski definition) is 1. The van der Waals surface area contributed by atoms with Gasteiger partial charge in [-0.1, -0.05) is 6.58 Å². The number of carbonyl (C=O) groups excluding carboxylic acids is 1. The molecule has 88 valence electrons. The summed E-state index contributed by atoms with van der Waals surface area (Å²) in [5, 5.41) is 8.19. The van der Waals surface area contributed by atoms with Crippen molar-refractivity contribution in [2.24, 2.45) is 0 Å². The number of esters is 1. The van der Waals surface area contributed by atoms with Gasteiger partial charge in [0.05, 0.1) is 33.0 Å². The van der Waals surface area contributed by atoms with E-state index in [1.54, 1.807) is 6.92 Å². The lowest BCUT2D eigenvalue weighted by Crippen LogP contribution is -2.16. The number of rotatable bonds is 3. The maximum absolute atomic E-state index is 10.5. The van der Waals surface area contributed by atoms with Crippen LogP contribution in [0.2, 0.25) is 0 Å². The Morgan fingerprint density at radius 2 is 1.80 bits per heavy atom. The topological polar surface area (TPSA) is 65.0 Å². The molecular weight excluding hydrogens is 200 g/mol. The summed E-state index contributed by atoms with van der Waals surface area (Å²) in [4.78, 5) is 10.5. The quantitative estimate of drug-likeness (QED) is 0.539. The number of aliphatic hydroxyl groups excluding tert-OH is 1. The summed E-state index contributed by atoms with van der Waals surface area (Å²) in [6, 6.07) is 0. The molecule has 5 nitrogen and oxygen atoms in total. The maximum Gasteiger partial charge on any atom is 0.333 e. The molecule has 15 heavy (non-hydrogen) atoms. The third-order valence-corrected chi connectivity index (χ3v) is 1.42. The van der Waals surface area contributed by atoms with E-state index in [9.17, 15) is 4.79 Å². The summed E-state index contributed by atoms with van der Waals surface area (Å²) in [5.74, 6) is -0.455. The third-order valence-electron chi connectivity index (χ3n) is 1.42. The van der Waals surface area contributed by atoms with Crippen molar-refractivity contribution in [3.63, 3.8) is 0 Å². The molecule has 5 heteroatoms. The van der Waals surface area contributed by atoms with E-state index >= 15 is 0 Å². The molecule has 0 aromatic rings. The fourth-order valence-corrected chi connectivity index (χ4v) is 0.701. The SMILES string of the molecule is C1COCCO1.C=C(C)C(=O)OCCO. The third kappa shape index (κ3) is 9.40. The van der Waals surface area contributed by atoms with Crippen LogP contribution in [0.3, 0.4) is 0 Å². The zero-order chi connectivity index (χ0) is 11.5. The maximum atomic E-state index is 10.5. The van der Waals surface area contributed by atoms with Crippen molar-refractivity contribution >= 4 is 5.97 Å². The summed E-state index contributed by atoms with van der Waals surface area (Å²) in [5.41, 5.74) is 0.350. The van der Waals surface area contributed by atoms with E-state index in [4.69, 9.17) is 14.6 Å². The van der Waals surface area contributed by atoms with Crippen LogP contribution in [0.4, 0.5) is 0 Å². The average molecular weight is 218 g/mol. The normalized spacial score (nSPS) is 14.8. The van der Waals surface area contributed by atoms with E-state index in [0.717, 1.165) is 26.4 Å². The molecule has 0 amide bonds. The number of hydrogen-bond acceptors (Lipinski definition) is 5. The van der Waals surface area contributed by atoms with Gasteiger partial charge < -0.3 is 19.3 Å². The lowest BCUT2D eigenvalue weighted by atomic mass is 10.4. The zero-order valence-electron chi connectivity index (χ0n) is 9.03. The van der Waals surface area contributed by atoms with Crippen LogP contribution in [-0.4, -0.2) is 50.7 Å². The molecule has 0 aliphatic carbocycles. The highest BCUT2D eigenvalue weighted by molar-refractivity contribution is 5.86. The first kappa shape index (κ1) is 14.1. The van der Waals surface area contributed by atoms with Crippen LogP contribution in [0.5, 0.6) is 0 Å². The molecule has 0 aromatic carbocycles. The second-order valence-electron chi connectivity index (χ2n) is 2.86. The van der Waals surface area contributed by atoms with E-state index in [0.29, 0.717) is 5.57 Å². The molecule has 1 aliphatic rings. The Bertz CT molecular complexity index is 175. The molecule has 0 unspecified atom stereocenters. The minimum Gasteiger partial charge on any atom is -0.460 e. The van der Waals surface area contributed by atoms with Gasteiger partial charge in [-0.15, -0.1) is 0 Å². The van der Waals surface area contributed by atoms with E-state index in [2.05, 4.69) is 11.3 Å². The summed E-state index contributed by atoms with van der Waals surface area (Å²) >= 11 is 0. The second-order valence-corrected chi connectivity index (χ2v) is 2.86. The molecule has 0 saturated carbocycles. The monoisotopic (exact) mass is 218 g/mol. The number of ether oxygens (including phenoxy) is 3. The fourth-order valence-electron chi connectivity index (χ4n) is 0.701. The van der Waals surface area contributed by atoms with Gasteiger partial charge in [-0.25, -0.2) is 4.79 Å². The van der Waals surface area contributed by atoms with Crippen LogP contribution in [-0.2, 0) is 19.0 Å². The predicted octanol–water partition coefficient (Wildman–Crippen LogP) is 0.131. The Morgan fingerprint density at radius 3 is 2.07 bits per heavy atom. The minimum atomic E-state index is -0.455. The van der Waals surface area contributed by atoms with Gasteiger partial charge in [-0.05, 0) is 6.92 Å². The van der Waals surface area contributed by atoms with E-state index in [-0.39, 0.29) is 13.2 Å². The van der Waals surface area contributed by atoms with Gasteiger partial charge in [-0.2, -0.15) is 0 Å². The molecule has 0 spiro atoms. The summed E-state index contributed by atoms with van der Waals surface area (Å²) < 4.78 is 14.4. The first-order valence-electron chi connectivity index (χ1n) is 4.77. The van der Waals surface area contributed by atoms with Gasteiger partial charge in [-0.3, -0.25) is 0 Å². The lowest BCUT2D eigenvalue weighted by Gasteiger charge is -2.09. The fraction of sp³-hybridized carbons (Fsp3) is 0.700. The number of carbonyl (C=O) groups is 1. The van der Waals surface area contributed by atoms with Crippen molar-refractivity contribution in [3.05, 3.63) is 12.2 Å². The molecule has 1 aliphatic heterocycles. The summed E-state index contributed by atoms with van der Waals surface area (Å²) in [7, 11) is 0. The smallest absolute Gasteiger partial charge is 0.333 e. The molecule has 1 rings (SSSR count). The van der Waals surface area contributed by atoms with E-state index < -0.39 is 5.97 Å². The summed E-state index contributed by atoms with van der Waals surface area (Å²) in [6.45, 7) is 7.93. The Morgan fingerprint density at radius 1 is 1.33 bits per heavy atom. The van der Waals surface area contributed by atoms with Crippen LogP contribution in [0.25, 0.3) is 0 Å². The Kier molecular flexibility index (Phi) is 9.05. The standard InChI is InChI=1S/C6H10O3.C4H8O2/c1-5(2)6(8)9-4-3-7;1-2-6-4-3-5-1/h7H,1,3-4H2,2H3;1-4H2. The average Bonchev–Trinajstić information content (AvgIpc) is 2.29. The molecule has 1 N–H and O–H groups in total. The highest BCUT2D eigenvalue weighted by Gasteiger charge is 1.99. The van der Waals surface area contributed by atoms with Crippen LogP contribution < -0.4 is 0 Å². The van der Waals surface area contributed by atoms with Crippen LogP contribution >= 0.6 is 0 Å². The number of aliphatic hydroxyl groups is 1. The van der Waals surface area contributed by atoms with Crippen molar-refractivity contribution in [3.8, 4) is 0 Å². The van der Waals surface area contributed by atoms with Gasteiger partial charge in [0.15, 0.2) is 0 Å².